The number of fused-ring (bicyclic) bond motifs is 1. The van der Waals surface area contributed by atoms with E-state index in [1.54, 1.807) is 19.2 Å². The standard InChI is InChI=1S/C28H36N4O5S2/c1-21-4-7-24(8-5-21)39(34,35)31-14-10-22(11-15-31)27(33)32(13-3-12-30-16-18-37-19-17-30)28-29-25-9-6-23(36-2)20-26(25)38-28/h4-9,20,22H,3,10-19H2,1-2H3. The number of hydrogen-bond donors (Lipinski definition) is 0. The second-order valence-electron chi connectivity index (χ2n) is 10.1. The lowest BCUT2D eigenvalue weighted by Gasteiger charge is -2.33. The van der Waals surface area contributed by atoms with E-state index in [0.717, 1.165) is 60.8 Å². The van der Waals surface area contributed by atoms with E-state index in [4.69, 9.17) is 14.5 Å². The highest BCUT2D eigenvalue weighted by atomic mass is 32.2. The molecule has 2 saturated heterocycles. The van der Waals surface area contributed by atoms with Crippen LogP contribution < -0.4 is 9.64 Å². The van der Waals surface area contributed by atoms with E-state index in [-0.39, 0.29) is 11.8 Å². The fraction of sp³-hybridized carbons (Fsp3) is 0.500. The Bertz CT molecular complexity index is 1380. The maximum absolute atomic E-state index is 13.9. The number of thiazole rings is 1. The number of piperidine rings is 1. The summed E-state index contributed by atoms with van der Waals surface area (Å²) in [5.41, 5.74) is 1.85. The number of hydrogen-bond acceptors (Lipinski definition) is 8. The molecule has 5 rings (SSSR count). The molecule has 0 bridgehead atoms. The highest BCUT2D eigenvalue weighted by Gasteiger charge is 2.35. The van der Waals surface area contributed by atoms with Gasteiger partial charge in [0.25, 0.3) is 0 Å². The number of amides is 1. The SMILES string of the molecule is COc1ccc2nc(N(CCCN3CCOCC3)C(=O)C3CCN(S(=O)(=O)c4ccc(C)cc4)CC3)sc2c1. The largest absolute Gasteiger partial charge is 0.497 e. The van der Waals surface area contributed by atoms with Crippen molar-refractivity contribution < 1.29 is 22.7 Å². The molecule has 3 aromatic rings. The van der Waals surface area contributed by atoms with Crippen molar-refractivity contribution in [2.24, 2.45) is 5.92 Å². The first kappa shape index (κ1) is 28.0. The first-order valence-corrected chi connectivity index (χ1v) is 15.7. The summed E-state index contributed by atoms with van der Waals surface area (Å²) < 4.78 is 39.7. The Labute approximate surface area is 234 Å². The number of ether oxygens (including phenoxy) is 2. The Morgan fingerprint density at radius 1 is 1.10 bits per heavy atom. The highest BCUT2D eigenvalue weighted by Crippen LogP contribution is 2.34. The van der Waals surface area contributed by atoms with Crippen molar-refractivity contribution in [3.8, 4) is 5.75 Å². The molecule has 0 saturated carbocycles. The van der Waals surface area contributed by atoms with Gasteiger partial charge in [-0.1, -0.05) is 29.0 Å². The van der Waals surface area contributed by atoms with Gasteiger partial charge in [0, 0.05) is 45.2 Å². The highest BCUT2D eigenvalue weighted by molar-refractivity contribution is 7.89. The number of sulfonamides is 1. The molecule has 2 aliphatic heterocycles. The number of nitrogens with zero attached hydrogens (tertiary/aromatic N) is 4. The molecule has 2 aliphatic rings. The van der Waals surface area contributed by atoms with Crippen molar-refractivity contribution >= 4 is 42.6 Å². The Morgan fingerprint density at radius 2 is 1.82 bits per heavy atom. The number of rotatable bonds is 9. The molecule has 39 heavy (non-hydrogen) atoms. The lowest BCUT2D eigenvalue weighted by Crippen LogP contribution is -2.45. The van der Waals surface area contributed by atoms with Crippen LogP contribution in [0.3, 0.4) is 0 Å². The number of aromatic nitrogens is 1. The molecule has 1 amide bonds. The monoisotopic (exact) mass is 572 g/mol. The van der Waals surface area contributed by atoms with Crippen LogP contribution in [0.4, 0.5) is 5.13 Å². The number of aryl methyl sites for hydroxylation is 1. The third-order valence-corrected chi connectivity index (χ3v) is 10.5. The van der Waals surface area contributed by atoms with Crippen LogP contribution in [0.1, 0.15) is 24.8 Å². The molecular weight excluding hydrogens is 536 g/mol. The fourth-order valence-electron chi connectivity index (χ4n) is 5.14. The third-order valence-electron chi connectivity index (χ3n) is 7.50. The van der Waals surface area contributed by atoms with Gasteiger partial charge in [-0.15, -0.1) is 0 Å². The van der Waals surface area contributed by atoms with Crippen LogP contribution in [0.2, 0.25) is 0 Å². The second kappa shape index (κ2) is 12.3. The molecule has 1 aromatic heterocycles. The van der Waals surface area contributed by atoms with Gasteiger partial charge in [-0.25, -0.2) is 13.4 Å². The Kier molecular flexibility index (Phi) is 8.82. The van der Waals surface area contributed by atoms with Crippen molar-refractivity contribution in [2.75, 3.05) is 64.5 Å². The first-order chi connectivity index (χ1) is 18.8. The summed E-state index contributed by atoms with van der Waals surface area (Å²) in [5.74, 6) is 0.528. The summed E-state index contributed by atoms with van der Waals surface area (Å²) >= 11 is 1.49. The maximum atomic E-state index is 13.9. The minimum absolute atomic E-state index is 0.0235. The molecule has 3 heterocycles. The van der Waals surface area contributed by atoms with Gasteiger partial charge in [-0.05, 0) is 56.5 Å². The number of carbonyl (C=O) groups excluding carboxylic acids is 1. The van der Waals surface area contributed by atoms with E-state index in [1.807, 2.05) is 42.2 Å². The van der Waals surface area contributed by atoms with Gasteiger partial charge in [-0.2, -0.15) is 4.31 Å². The van der Waals surface area contributed by atoms with Gasteiger partial charge in [0.2, 0.25) is 15.9 Å². The van der Waals surface area contributed by atoms with Gasteiger partial charge in [-0.3, -0.25) is 14.6 Å². The fourth-order valence-corrected chi connectivity index (χ4v) is 7.63. The first-order valence-electron chi connectivity index (χ1n) is 13.5. The third kappa shape index (κ3) is 6.44. The molecule has 210 valence electrons. The minimum Gasteiger partial charge on any atom is -0.497 e. The average molecular weight is 573 g/mol. The van der Waals surface area contributed by atoms with Gasteiger partial charge in [0.1, 0.15) is 5.75 Å². The summed E-state index contributed by atoms with van der Waals surface area (Å²) in [5, 5.41) is 0.680. The van der Waals surface area contributed by atoms with Crippen molar-refractivity contribution in [3.63, 3.8) is 0 Å². The maximum Gasteiger partial charge on any atom is 0.243 e. The van der Waals surface area contributed by atoms with Crippen LogP contribution in [0.25, 0.3) is 10.2 Å². The smallest absolute Gasteiger partial charge is 0.243 e. The molecule has 11 heteroatoms. The van der Waals surface area contributed by atoms with Gasteiger partial charge in [0.05, 0.1) is 35.4 Å². The van der Waals surface area contributed by atoms with Crippen LogP contribution >= 0.6 is 11.3 Å². The number of carbonyl (C=O) groups is 1. The van der Waals surface area contributed by atoms with E-state index < -0.39 is 10.0 Å². The van der Waals surface area contributed by atoms with E-state index in [2.05, 4.69) is 4.90 Å². The quantitative estimate of drug-likeness (QED) is 0.386. The Morgan fingerprint density at radius 3 is 2.51 bits per heavy atom. The zero-order valence-electron chi connectivity index (χ0n) is 22.5. The molecule has 0 unspecified atom stereocenters. The van der Waals surface area contributed by atoms with Gasteiger partial charge >= 0.3 is 0 Å². The molecule has 2 fully saturated rings. The normalized spacial score (nSPS) is 17.9. The molecule has 0 atom stereocenters. The van der Waals surface area contributed by atoms with Crippen molar-refractivity contribution in [2.45, 2.75) is 31.1 Å². The molecule has 0 spiro atoms. The molecule has 9 nitrogen and oxygen atoms in total. The number of methoxy groups -OCH3 is 1. The molecule has 0 aliphatic carbocycles. The summed E-state index contributed by atoms with van der Waals surface area (Å²) in [7, 11) is -1.95. The van der Waals surface area contributed by atoms with Gasteiger partial charge in [0.15, 0.2) is 5.13 Å². The van der Waals surface area contributed by atoms with Crippen LogP contribution in [0.5, 0.6) is 5.75 Å². The summed E-state index contributed by atoms with van der Waals surface area (Å²) in [6.07, 6.45) is 1.80. The van der Waals surface area contributed by atoms with Crippen LogP contribution in [0.15, 0.2) is 47.4 Å². The molecular formula is C28H36N4O5S2. The topological polar surface area (TPSA) is 92.3 Å². The minimum atomic E-state index is -3.58. The van der Waals surface area contributed by atoms with Crippen molar-refractivity contribution in [1.82, 2.24) is 14.2 Å². The van der Waals surface area contributed by atoms with Crippen LogP contribution in [-0.2, 0) is 19.6 Å². The number of anilines is 1. The van der Waals surface area contributed by atoms with Crippen LogP contribution in [0, 0.1) is 12.8 Å². The van der Waals surface area contributed by atoms with Crippen molar-refractivity contribution in [3.05, 3.63) is 48.0 Å². The Hall–Kier alpha value is -2.57. The van der Waals surface area contributed by atoms with E-state index in [0.29, 0.717) is 42.5 Å². The second-order valence-corrected chi connectivity index (χ2v) is 13.1. The number of benzene rings is 2. The zero-order valence-corrected chi connectivity index (χ0v) is 24.2. The molecule has 0 radical (unpaired) electrons. The van der Waals surface area contributed by atoms with Crippen molar-refractivity contribution in [1.29, 1.82) is 0 Å². The summed E-state index contributed by atoms with van der Waals surface area (Å²) in [4.78, 5) is 23.2. The van der Waals surface area contributed by atoms with E-state index in [1.165, 1.54) is 15.6 Å². The van der Waals surface area contributed by atoms with Gasteiger partial charge < -0.3 is 9.47 Å². The lowest BCUT2D eigenvalue weighted by molar-refractivity contribution is -0.123. The number of morpholine rings is 1. The zero-order chi connectivity index (χ0) is 27.4. The van der Waals surface area contributed by atoms with Crippen LogP contribution in [-0.4, -0.2) is 88.1 Å². The Balaban J connectivity index is 1.30. The predicted octanol–water partition coefficient (Wildman–Crippen LogP) is 3.77. The summed E-state index contributed by atoms with van der Waals surface area (Å²) in [6, 6.07) is 12.7. The van der Waals surface area contributed by atoms with E-state index >= 15 is 0 Å². The molecule has 0 N–H and O–H groups in total. The lowest BCUT2D eigenvalue weighted by atomic mass is 9.96. The average Bonchev–Trinajstić information content (AvgIpc) is 3.39. The summed E-state index contributed by atoms with van der Waals surface area (Å²) in [6.45, 7) is 7.33. The predicted molar refractivity (Wildman–Crippen MR) is 153 cm³/mol. The molecule has 2 aromatic carbocycles. The van der Waals surface area contributed by atoms with E-state index in [9.17, 15) is 13.2 Å².